The van der Waals surface area contributed by atoms with Gasteiger partial charge < -0.3 is 0 Å². The Morgan fingerprint density at radius 3 is 3.15 bits per heavy atom. The minimum Gasteiger partial charge on any atom is -0.249 e. The number of nitrogens with zero attached hydrogens (tertiary/aromatic N) is 4. The normalized spacial score (nSPS) is 31.1. The first-order chi connectivity index (χ1) is 9.66. The standard InChI is InChI=1S/C13H17N5O2/c1-3-5-10-13(19)18(6-4-2)12(16-10)9-7-14-8-15-11(9)17(18)20/h3,8,10H,1,4-7H2,2H3,(H,14,15)/q+2. The topological polar surface area (TPSA) is 73.9 Å². The number of nitroso groups, excluding NO2 is 1. The first-order valence-corrected chi connectivity index (χ1v) is 6.74. The van der Waals surface area contributed by atoms with E-state index in [9.17, 15) is 9.70 Å². The Kier molecular flexibility index (Phi) is 2.86. The molecule has 7 nitrogen and oxygen atoms in total. The van der Waals surface area contributed by atoms with Crippen molar-refractivity contribution in [3.63, 3.8) is 0 Å². The number of fused-ring (bicyclic) bond motifs is 2. The van der Waals surface area contributed by atoms with E-state index in [-0.39, 0.29) is 10.5 Å². The van der Waals surface area contributed by atoms with Gasteiger partial charge in [0.1, 0.15) is 6.54 Å². The molecule has 104 valence electrons. The third-order valence-corrected chi connectivity index (χ3v) is 3.81. The van der Waals surface area contributed by atoms with Crippen LogP contribution in [-0.2, 0) is 4.79 Å². The maximum atomic E-state index is 12.7. The molecule has 3 aliphatic rings. The second-order valence-corrected chi connectivity index (χ2v) is 5.04. The summed E-state index contributed by atoms with van der Waals surface area (Å²) in [6.07, 6.45) is 4.32. The number of hydrogen-bond acceptors (Lipinski definition) is 5. The van der Waals surface area contributed by atoms with Crippen LogP contribution >= 0.6 is 0 Å². The average molecular weight is 275 g/mol. The summed E-state index contributed by atoms with van der Waals surface area (Å²) >= 11 is 0. The molecule has 0 aliphatic carbocycles. The van der Waals surface area contributed by atoms with Crippen LogP contribution in [0.2, 0.25) is 0 Å². The third-order valence-electron chi connectivity index (χ3n) is 3.81. The van der Waals surface area contributed by atoms with Crippen LogP contribution in [0.1, 0.15) is 19.8 Å². The molecule has 20 heavy (non-hydrogen) atoms. The van der Waals surface area contributed by atoms with Gasteiger partial charge in [0.05, 0.1) is 6.54 Å². The van der Waals surface area contributed by atoms with Crippen molar-refractivity contribution in [2.45, 2.75) is 25.8 Å². The highest BCUT2D eigenvalue weighted by atomic mass is 16.4. The Bertz CT molecular complexity index is 604. The summed E-state index contributed by atoms with van der Waals surface area (Å²) in [5.74, 6) is 0.781. The molecule has 0 saturated heterocycles. The van der Waals surface area contributed by atoms with E-state index in [0.29, 0.717) is 37.6 Å². The van der Waals surface area contributed by atoms with Gasteiger partial charge in [-0.25, -0.2) is 20.1 Å². The number of amidine groups is 1. The zero-order valence-electron chi connectivity index (χ0n) is 11.4. The number of rotatable bonds is 4. The van der Waals surface area contributed by atoms with Gasteiger partial charge in [0, 0.05) is 6.42 Å². The summed E-state index contributed by atoms with van der Waals surface area (Å²) < 4.78 is -0.351. The van der Waals surface area contributed by atoms with Crippen LogP contribution in [-0.4, -0.2) is 46.7 Å². The fourth-order valence-corrected chi connectivity index (χ4v) is 2.99. The second kappa shape index (κ2) is 4.45. The van der Waals surface area contributed by atoms with Crippen molar-refractivity contribution in [2.24, 2.45) is 9.98 Å². The van der Waals surface area contributed by atoms with Crippen molar-refractivity contribution >= 4 is 18.1 Å². The molecule has 3 heterocycles. The molecule has 0 bridgehead atoms. The van der Waals surface area contributed by atoms with Gasteiger partial charge in [-0.2, -0.15) is 0 Å². The number of aliphatic imine (C=N–C) groups is 2. The van der Waals surface area contributed by atoms with E-state index in [4.69, 9.17) is 0 Å². The predicted molar refractivity (Wildman–Crippen MR) is 73.6 cm³/mol. The van der Waals surface area contributed by atoms with Crippen molar-refractivity contribution in [1.82, 2.24) is 5.32 Å². The Labute approximate surface area is 116 Å². The van der Waals surface area contributed by atoms with Crippen molar-refractivity contribution in [3.05, 3.63) is 29.0 Å². The number of nitrogens with one attached hydrogen (secondary N) is 1. The van der Waals surface area contributed by atoms with Crippen LogP contribution in [0.25, 0.3) is 0 Å². The maximum Gasteiger partial charge on any atom is 0.394 e. The summed E-state index contributed by atoms with van der Waals surface area (Å²) in [7, 11) is 0. The molecule has 0 fully saturated rings. The summed E-state index contributed by atoms with van der Waals surface area (Å²) in [6.45, 7) is 6.41. The van der Waals surface area contributed by atoms with E-state index in [1.54, 1.807) is 6.08 Å². The van der Waals surface area contributed by atoms with E-state index in [1.165, 1.54) is 6.34 Å². The second-order valence-electron chi connectivity index (χ2n) is 5.04. The lowest BCUT2D eigenvalue weighted by atomic mass is 10.2. The van der Waals surface area contributed by atoms with Gasteiger partial charge in [0.2, 0.25) is 0 Å². The highest BCUT2D eigenvalue weighted by Gasteiger charge is 2.68. The minimum atomic E-state index is -0.509. The SMILES string of the molecule is C=CCC1N=C2C3=C(NC=NC3)[N+](=O)[N+]2(CCC)C1=O. The van der Waals surface area contributed by atoms with Gasteiger partial charge in [-0.05, 0) is 15.9 Å². The molecule has 2 unspecified atom stereocenters. The van der Waals surface area contributed by atoms with Crippen molar-refractivity contribution in [3.8, 4) is 0 Å². The van der Waals surface area contributed by atoms with Gasteiger partial charge in [0.15, 0.2) is 22.8 Å². The Balaban J connectivity index is 2.11. The molecule has 0 radical (unpaired) electrons. The van der Waals surface area contributed by atoms with Crippen LogP contribution in [0.4, 0.5) is 0 Å². The van der Waals surface area contributed by atoms with Crippen molar-refractivity contribution < 1.29 is 14.3 Å². The lowest BCUT2D eigenvalue weighted by Crippen LogP contribution is -2.58. The average Bonchev–Trinajstić information content (AvgIpc) is 2.86. The highest BCUT2D eigenvalue weighted by molar-refractivity contribution is 6.06. The largest absolute Gasteiger partial charge is 0.394 e. The molecule has 0 aromatic heterocycles. The molecule has 3 rings (SSSR count). The zero-order valence-corrected chi connectivity index (χ0v) is 11.4. The number of carbonyl (C=O) groups is 1. The summed E-state index contributed by atoms with van der Waals surface area (Å²) in [5.41, 5.74) is 0.732. The number of hydrogen-bond donors (Lipinski definition) is 1. The van der Waals surface area contributed by atoms with Crippen LogP contribution in [0.3, 0.4) is 0 Å². The van der Waals surface area contributed by atoms with Crippen molar-refractivity contribution in [1.29, 1.82) is 0 Å². The predicted octanol–water partition coefficient (Wildman–Crippen LogP) is 0.647. The molecule has 0 saturated carbocycles. The molecule has 3 aliphatic heterocycles. The highest BCUT2D eigenvalue weighted by Crippen LogP contribution is 2.36. The first kappa shape index (κ1) is 12.9. The Hall–Kier alpha value is -2.15. The molecule has 0 aromatic carbocycles. The summed E-state index contributed by atoms with van der Waals surface area (Å²) in [4.78, 5) is 34.8. The smallest absolute Gasteiger partial charge is 0.249 e. The molecule has 0 spiro atoms. The number of quaternary nitrogens is 1. The van der Waals surface area contributed by atoms with Crippen LogP contribution in [0, 0.1) is 4.91 Å². The fourth-order valence-electron chi connectivity index (χ4n) is 2.99. The summed E-state index contributed by atoms with van der Waals surface area (Å²) in [5, 5.41) is 2.84. The van der Waals surface area contributed by atoms with Crippen LogP contribution < -0.4 is 5.32 Å². The molecular weight excluding hydrogens is 258 g/mol. The molecule has 0 aromatic rings. The van der Waals surface area contributed by atoms with Crippen molar-refractivity contribution in [2.75, 3.05) is 13.1 Å². The molecule has 1 N–H and O–H groups in total. The van der Waals surface area contributed by atoms with E-state index >= 15 is 0 Å². The number of amides is 1. The molecular formula is C13H17N5O2+2. The Morgan fingerprint density at radius 1 is 1.65 bits per heavy atom. The quantitative estimate of drug-likeness (QED) is 0.465. The number of carbonyl (C=O) groups excluding carboxylic acids is 1. The Morgan fingerprint density at radius 2 is 2.45 bits per heavy atom. The van der Waals surface area contributed by atoms with Gasteiger partial charge >= 0.3 is 11.7 Å². The maximum absolute atomic E-state index is 12.7. The van der Waals surface area contributed by atoms with Gasteiger partial charge in [-0.1, -0.05) is 13.0 Å². The van der Waals surface area contributed by atoms with E-state index < -0.39 is 6.04 Å². The summed E-state index contributed by atoms with van der Waals surface area (Å²) in [6, 6.07) is -0.509. The molecule has 7 heteroatoms. The van der Waals surface area contributed by atoms with E-state index in [1.807, 2.05) is 6.92 Å². The van der Waals surface area contributed by atoms with E-state index in [2.05, 4.69) is 21.9 Å². The minimum absolute atomic E-state index is 0.173. The monoisotopic (exact) mass is 275 g/mol. The van der Waals surface area contributed by atoms with E-state index in [0.717, 1.165) is 10.4 Å². The lowest BCUT2D eigenvalue weighted by molar-refractivity contribution is -1.22. The lowest BCUT2D eigenvalue weighted by Gasteiger charge is -2.19. The molecule has 1 amide bonds. The zero-order chi connectivity index (χ0) is 14.3. The fraction of sp³-hybridized carbons (Fsp3) is 0.462. The molecule has 2 atom stereocenters. The van der Waals surface area contributed by atoms with Crippen LogP contribution in [0.5, 0.6) is 0 Å². The van der Waals surface area contributed by atoms with Gasteiger partial charge in [-0.3, -0.25) is 0 Å². The van der Waals surface area contributed by atoms with Crippen LogP contribution in [0.15, 0.2) is 34.0 Å². The third kappa shape index (κ3) is 1.41. The first-order valence-electron chi connectivity index (χ1n) is 6.74. The van der Waals surface area contributed by atoms with Gasteiger partial charge in [0.25, 0.3) is 5.84 Å². The van der Waals surface area contributed by atoms with Gasteiger partial charge in [-0.15, -0.1) is 6.58 Å².